The molecule has 1 aromatic heterocycles. The molecule has 0 radical (unpaired) electrons. The van der Waals surface area contributed by atoms with E-state index in [9.17, 15) is 5.11 Å². The normalized spacial score (nSPS) is 17.5. The molecule has 0 aliphatic carbocycles. The van der Waals surface area contributed by atoms with E-state index in [1.807, 2.05) is 48.7 Å². The summed E-state index contributed by atoms with van der Waals surface area (Å²) in [5.74, 6) is 1.02. The molecule has 1 aliphatic heterocycles. The number of piperazine rings is 1. The minimum atomic E-state index is -0.546. The van der Waals surface area contributed by atoms with Gasteiger partial charge < -0.3 is 10.0 Å². The van der Waals surface area contributed by atoms with Crippen molar-refractivity contribution < 1.29 is 5.11 Å². The average molecular weight is 318 g/mol. The Morgan fingerprint density at radius 2 is 1.77 bits per heavy atom. The van der Waals surface area contributed by atoms with E-state index < -0.39 is 6.10 Å². The van der Waals surface area contributed by atoms with E-state index in [1.165, 1.54) is 0 Å². The first kappa shape index (κ1) is 15.3. The molecule has 1 fully saturated rings. The molecule has 0 amide bonds. The molecule has 0 spiro atoms. The number of hydrogen-bond donors (Lipinski definition) is 1. The highest BCUT2D eigenvalue weighted by molar-refractivity contribution is 6.31. The topological polar surface area (TPSA) is 39.6 Å². The molecule has 1 unspecified atom stereocenters. The SMILES string of the molecule is OC(CN1CCN(c2ccccn2)CC1)c1ccccc1Cl. The molecule has 0 bridgehead atoms. The quantitative estimate of drug-likeness (QED) is 0.941. The van der Waals surface area contributed by atoms with Gasteiger partial charge in [0.05, 0.1) is 6.10 Å². The first-order chi connectivity index (χ1) is 10.7. The largest absolute Gasteiger partial charge is 0.387 e. The van der Waals surface area contributed by atoms with Crippen LogP contribution in [0, 0.1) is 0 Å². The molecule has 1 saturated heterocycles. The maximum atomic E-state index is 10.4. The zero-order valence-electron chi connectivity index (χ0n) is 12.4. The van der Waals surface area contributed by atoms with Crippen molar-refractivity contribution >= 4 is 17.4 Å². The van der Waals surface area contributed by atoms with Crippen molar-refractivity contribution in [2.45, 2.75) is 6.10 Å². The summed E-state index contributed by atoms with van der Waals surface area (Å²) in [6.45, 7) is 4.29. The molecule has 2 heterocycles. The third-order valence-corrected chi connectivity index (χ3v) is 4.39. The number of benzene rings is 1. The van der Waals surface area contributed by atoms with Crippen LogP contribution >= 0.6 is 11.6 Å². The van der Waals surface area contributed by atoms with Crippen LogP contribution < -0.4 is 4.90 Å². The molecule has 5 heteroatoms. The third-order valence-electron chi connectivity index (χ3n) is 4.04. The van der Waals surface area contributed by atoms with Crippen LogP contribution in [0.3, 0.4) is 0 Å². The predicted octanol–water partition coefficient (Wildman–Crippen LogP) is 2.59. The predicted molar refractivity (Wildman–Crippen MR) is 89.3 cm³/mol. The highest BCUT2D eigenvalue weighted by Crippen LogP contribution is 2.24. The maximum Gasteiger partial charge on any atom is 0.128 e. The van der Waals surface area contributed by atoms with Gasteiger partial charge in [0.25, 0.3) is 0 Å². The first-order valence-electron chi connectivity index (χ1n) is 7.55. The summed E-state index contributed by atoms with van der Waals surface area (Å²) < 4.78 is 0. The molecule has 22 heavy (non-hydrogen) atoms. The summed E-state index contributed by atoms with van der Waals surface area (Å²) in [4.78, 5) is 8.94. The van der Waals surface area contributed by atoms with E-state index in [0.717, 1.165) is 37.6 Å². The van der Waals surface area contributed by atoms with Gasteiger partial charge in [0, 0.05) is 49.5 Å². The van der Waals surface area contributed by atoms with Crippen LogP contribution in [0.5, 0.6) is 0 Å². The molecule has 4 nitrogen and oxygen atoms in total. The lowest BCUT2D eigenvalue weighted by molar-refractivity contribution is 0.109. The van der Waals surface area contributed by atoms with E-state index in [-0.39, 0.29) is 0 Å². The lowest BCUT2D eigenvalue weighted by Crippen LogP contribution is -2.47. The number of aromatic nitrogens is 1. The number of aliphatic hydroxyl groups excluding tert-OH is 1. The van der Waals surface area contributed by atoms with Gasteiger partial charge in [-0.25, -0.2) is 4.98 Å². The van der Waals surface area contributed by atoms with Crippen LogP contribution in [0.2, 0.25) is 5.02 Å². The van der Waals surface area contributed by atoms with Crippen LogP contribution in [-0.4, -0.2) is 47.7 Å². The minimum absolute atomic E-state index is 0.546. The molecule has 1 aromatic carbocycles. The van der Waals surface area contributed by atoms with E-state index in [1.54, 1.807) is 0 Å². The van der Waals surface area contributed by atoms with Gasteiger partial charge in [-0.1, -0.05) is 35.9 Å². The summed E-state index contributed by atoms with van der Waals surface area (Å²) >= 11 is 6.14. The zero-order chi connectivity index (χ0) is 15.4. The van der Waals surface area contributed by atoms with Crippen LogP contribution in [0.15, 0.2) is 48.7 Å². The second-order valence-corrected chi connectivity index (χ2v) is 5.92. The van der Waals surface area contributed by atoms with Gasteiger partial charge in [-0.15, -0.1) is 0 Å². The standard InChI is InChI=1S/C17H20ClN3O/c18-15-6-2-1-5-14(15)16(22)13-20-9-11-21(12-10-20)17-7-3-4-8-19-17/h1-8,16,22H,9-13H2. The molecule has 3 rings (SSSR count). The van der Waals surface area contributed by atoms with Gasteiger partial charge in [0.15, 0.2) is 0 Å². The summed E-state index contributed by atoms with van der Waals surface area (Å²) in [6.07, 6.45) is 1.28. The Hall–Kier alpha value is -1.62. The molecule has 0 saturated carbocycles. The summed E-state index contributed by atoms with van der Waals surface area (Å²) in [6, 6.07) is 13.5. The van der Waals surface area contributed by atoms with Gasteiger partial charge >= 0.3 is 0 Å². The number of aliphatic hydroxyl groups is 1. The fourth-order valence-electron chi connectivity index (χ4n) is 2.79. The second kappa shape index (κ2) is 7.09. The van der Waals surface area contributed by atoms with Gasteiger partial charge in [0.2, 0.25) is 0 Å². The number of β-amino-alcohol motifs (C(OH)–C–C–N with tert-alkyl or cyclic N) is 1. The van der Waals surface area contributed by atoms with Crippen LogP contribution in [0.1, 0.15) is 11.7 Å². The van der Waals surface area contributed by atoms with Crippen LogP contribution in [-0.2, 0) is 0 Å². The minimum Gasteiger partial charge on any atom is -0.387 e. The van der Waals surface area contributed by atoms with E-state index in [2.05, 4.69) is 14.8 Å². The lowest BCUT2D eigenvalue weighted by atomic mass is 10.1. The number of pyridine rings is 1. The van der Waals surface area contributed by atoms with Crippen molar-refractivity contribution in [3.63, 3.8) is 0 Å². The molecular formula is C17H20ClN3O. The fourth-order valence-corrected chi connectivity index (χ4v) is 3.05. The Morgan fingerprint density at radius 1 is 1.05 bits per heavy atom. The summed E-state index contributed by atoms with van der Waals surface area (Å²) in [7, 11) is 0. The molecule has 2 aromatic rings. The Bertz CT molecular complexity index is 600. The van der Waals surface area contributed by atoms with Crippen molar-refractivity contribution in [2.75, 3.05) is 37.6 Å². The van der Waals surface area contributed by atoms with Crippen molar-refractivity contribution in [3.8, 4) is 0 Å². The van der Waals surface area contributed by atoms with Crippen LogP contribution in [0.25, 0.3) is 0 Å². The van der Waals surface area contributed by atoms with Gasteiger partial charge in [0.1, 0.15) is 5.82 Å². The number of nitrogens with zero attached hydrogens (tertiary/aromatic N) is 3. The average Bonchev–Trinajstić information content (AvgIpc) is 2.57. The smallest absolute Gasteiger partial charge is 0.128 e. The maximum absolute atomic E-state index is 10.4. The Labute approximate surface area is 136 Å². The monoisotopic (exact) mass is 317 g/mol. The second-order valence-electron chi connectivity index (χ2n) is 5.51. The molecule has 1 atom stereocenters. The molecule has 1 N–H and O–H groups in total. The Morgan fingerprint density at radius 3 is 2.45 bits per heavy atom. The van der Waals surface area contributed by atoms with Crippen molar-refractivity contribution in [1.82, 2.24) is 9.88 Å². The van der Waals surface area contributed by atoms with Crippen molar-refractivity contribution in [2.24, 2.45) is 0 Å². The van der Waals surface area contributed by atoms with E-state index in [0.29, 0.717) is 11.6 Å². The fraction of sp³-hybridized carbons (Fsp3) is 0.353. The third kappa shape index (κ3) is 3.58. The highest BCUT2D eigenvalue weighted by Gasteiger charge is 2.21. The molecule has 116 valence electrons. The van der Waals surface area contributed by atoms with Crippen molar-refractivity contribution in [3.05, 3.63) is 59.2 Å². The number of halogens is 1. The van der Waals surface area contributed by atoms with Gasteiger partial charge in [-0.2, -0.15) is 0 Å². The number of rotatable bonds is 4. The Kier molecular flexibility index (Phi) is 4.93. The van der Waals surface area contributed by atoms with Crippen LogP contribution in [0.4, 0.5) is 5.82 Å². The summed E-state index contributed by atoms with van der Waals surface area (Å²) in [5.41, 5.74) is 0.802. The summed E-state index contributed by atoms with van der Waals surface area (Å²) in [5, 5.41) is 11.0. The zero-order valence-corrected chi connectivity index (χ0v) is 13.2. The van der Waals surface area contributed by atoms with Gasteiger partial charge in [-0.3, -0.25) is 4.90 Å². The molecule has 1 aliphatic rings. The van der Waals surface area contributed by atoms with Crippen molar-refractivity contribution in [1.29, 1.82) is 0 Å². The highest BCUT2D eigenvalue weighted by atomic mass is 35.5. The van der Waals surface area contributed by atoms with Gasteiger partial charge in [-0.05, 0) is 18.2 Å². The van der Waals surface area contributed by atoms with E-state index >= 15 is 0 Å². The first-order valence-corrected chi connectivity index (χ1v) is 7.92. The Balaban J connectivity index is 1.55. The number of hydrogen-bond acceptors (Lipinski definition) is 4. The lowest BCUT2D eigenvalue weighted by Gasteiger charge is -2.36. The van der Waals surface area contributed by atoms with E-state index in [4.69, 9.17) is 11.6 Å². The molecular weight excluding hydrogens is 298 g/mol. The number of anilines is 1.